The van der Waals surface area contributed by atoms with Gasteiger partial charge in [0.2, 0.25) is 11.8 Å². The molecule has 2 heterocycles. The Morgan fingerprint density at radius 1 is 0.946 bits per heavy atom. The van der Waals surface area contributed by atoms with Crippen LogP contribution in [0, 0.1) is 0 Å². The van der Waals surface area contributed by atoms with Crippen molar-refractivity contribution in [3.63, 3.8) is 0 Å². The molecule has 0 bridgehead atoms. The van der Waals surface area contributed by atoms with E-state index in [-0.39, 0.29) is 0 Å². The number of hydrogen-bond acceptors (Lipinski definition) is 14. The van der Waals surface area contributed by atoms with E-state index in [0.717, 1.165) is 27.9 Å². The molecule has 0 aromatic heterocycles. The summed E-state index contributed by atoms with van der Waals surface area (Å²) in [4.78, 5) is 46.3. The van der Waals surface area contributed by atoms with Crippen molar-refractivity contribution in [2.75, 3.05) is 20.3 Å². The van der Waals surface area contributed by atoms with Gasteiger partial charge in [-0.1, -0.05) is 0 Å². The lowest BCUT2D eigenvalue weighted by Crippen LogP contribution is -2.74. The summed E-state index contributed by atoms with van der Waals surface area (Å²) in [6, 6.07) is -3.36. The lowest BCUT2D eigenvalue weighted by Gasteiger charge is -2.48. The summed E-state index contributed by atoms with van der Waals surface area (Å²) in [5, 5.41) is 55.5. The van der Waals surface area contributed by atoms with E-state index in [0.29, 0.717) is 0 Å². The highest BCUT2D eigenvalue weighted by molar-refractivity contribution is 7.47. The van der Waals surface area contributed by atoms with Gasteiger partial charge in [0.15, 0.2) is 24.0 Å². The maximum Gasteiger partial charge on any atom is 0.475 e. The highest BCUT2D eigenvalue weighted by Gasteiger charge is 2.61. The molecule has 2 aliphatic rings. The first-order valence-corrected chi connectivity index (χ1v) is 12.5. The zero-order valence-electron chi connectivity index (χ0n) is 20.4. The molecule has 0 spiro atoms. The van der Waals surface area contributed by atoms with Crippen molar-refractivity contribution in [1.29, 1.82) is 0 Å². The van der Waals surface area contributed by atoms with Crippen molar-refractivity contribution < 1.29 is 72.6 Å². The number of phosphoric acid groups is 1. The fraction of sp³-hybridized carbons (Fsp3) is 0.842. The Hall–Kier alpha value is -1.60. The first-order chi connectivity index (χ1) is 17.1. The number of carbonyl (C=O) groups is 3. The van der Waals surface area contributed by atoms with E-state index in [4.69, 9.17) is 23.3 Å². The van der Waals surface area contributed by atoms with Crippen LogP contribution in [0.15, 0.2) is 0 Å². The molecule has 37 heavy (non-hydrogen) atoms. The van der Waals surface area contributed by atoms with Gasteiger partial charge in [0.05, 0.1) is 13.2 Å². The second-order valence-corrected chi connectivity index (χ2v) is 9.91. The molecule has 0 aromatic carbocycles. The molecule has 1 unspecified atom stereocenters. The van der Waals surface area contributed by atoms with Gasteiger partial charge in [-0.25, -0.2) is 4.57 Å². The van der Waals surface area contributed by atoms with Crippen molar-refractivity contribution in [3.8, 4) is 0 Å². The summed E-state index contributed by atoms with van der Waals surface area (Å²) in [5.41, 5.74) is -2.83. The molecule has 0 aromatic rings. The number of aliphatic hydroxyl groups is 5. The number of Topliss-reactive ketones (excluding diaryl/α,β-unsaturated/α-hetero) is 1. The largest absolute Gasteiger partial charge is 0.475 e. The third-order valence-corrected chi connectivity index (χ3v) is 6.89. The fourth-order valence-corrected chi connectivity index (χ4v) is 5.19. The van der Waals surface area contributed by atoms with Crippen molar-refractivity contribution in [2.45, 2.75) is 81.6 Å². The molecule has 11 atom stereocenters. The van der Waals surface area contributed by atoms with Crippen LogP contribution in [0.4, 0.5) is 0 Å². The quantitative estimate of drug-likeness (QED) is 0.117. The normalized spacial score (nSPS) is 39.9. The van der Waals surface area contributed by atoms with Gasteiger partial charge in [-0.05, 0) is 6.92 Å². The number of methoxy groups -OCH3 is 1. The van der Waals surface area contributed by atoms with Gasteiger partial charge in [0, 0.05) is 21.0 Å². The highest BCUT2D eigenvalue weighted by Crippen LogP contribution is 2.50. The van der Waals surface area contributed by atoms with E-state index >= 15 is 0 Å². The second kappa shape index (κ2) is 12.5. The average molecular weight is 560 g/mol. The Labute approximate surface area is 211 Å². The third kappa shape index (κ3) is 6.89. The zero-order chi connectivity index (χ0) is 28.3. The third-order valence-electron chi connectivity index (χ3n) is 5.91. The lowest BCUT2D eigenvalue weighted by atomic mass is 9.79. The van der Waals surface area contributed by atoms with E-state index in [1.807, 2.05) is 0 Å². The maximum absolute atomic E-state index is 13.1. The van der Waals surface area contributed by atoms with Crippen LogP contribution in [0.3, 0.4) is 0 Å². The molecule has 2 saturated heterocycles. The summed E-state index contributed by atoms with van der Waals surface area (Å²) in [6.45, 7) is 1.19. The van der Waals surface area contributed by atoms with Gasteiger partial charge < -0.3 is 55.3 Å². The number of phosphoric ester groups is 1. The van der Waals surface area contributed by atoms with Gasteiger partial charge >= 0.3 is 7.82 Å². The van der Waals surface area contributed by atoms with Crippen LogP contribution < -0.4 is 10.6 Å². The van der Waals surface area contributed by atoms with Crippen molar-refractivity contribution in [2.24, 2.45) is 0 Å². The fourth-order valence-electron chi connectivity index (χ4n) is 4.15. The van der Waals surface area contributed by atoms with Gasteiger partial charge in [-0.3, -0.25) is 23.4 Å². The molecule has 8 N–H and O–H groups in total. The number of carbonyl (C=O) groups excluding carboxylic acids is 3. The smallest absolute Gasteiger partial charge is 0.394 e. The molecule has 18 heteroatoms. The van der Waals surface area contributed by atoms with E-state index in [1.165, 1.54) is 0 Å². The van der Waals surface area contributed by atoms with Crippen LogP contribution in [0.2, 0.25) is 0 Å². The molecule has 17 nitrogen and oxygen atoms in total. The first-order valence-electron chi connectivity index (χ1n) is 11.0. The van der Waals surface area contributed by atoms with Crippen molar-refractivity contribution in [1.82, 2.24) is 10.6 Å². The lowest BCUT2D eigenvalue weighted by molar-refractivity contribution is -0.279. The standard InChI is InChI=1S/C19H33N2O15P/c1-7(24)19(29)15(21-9(3)26)18(34-11(6-23)16(19)28)36-37(30,31)35-14-12(20-8(2)25)17(32-4)33-10(5-22)13(14)27/h10-18,22-23,27-29H,5-6H2,1-4H3,(H,20,25)(H,21,26)(H,30,31)/t10-,11-,12-,13+,14-,15+,16+,17-,18-,19-/m1/s1. The Morgan fingerprint density at radius 2 is 1.49 bits per heavy atom. The van der Waals surface area contributed by atoms with Crippen molar-refractivity contribution in [3.05, 3.63) is 0 Å². The second-order valence-electron chi connectivity index (χ2n) is 8.55. The van der Waals surface area contributed by atoms with E-state index < -0.39 is 99.4 Å². The maximum atomic E-state index is 13.1. The predicted molar refractivity (Wildman–Crippen MR) is 117 cm³/mol. The topological polar surface area (TPSA) is 260 Å². The van der Waals surface area contributed by atoms with Crippen LogP contribution in [0.1, 0.15) is 20.8 Å². The minimum atomic E-state index is -5.41. The molecule has 214 valence electrons. The Bertz CT molecular complexity index is 892. The molecule has 0 radical (unpaired) electrons. The van der Waals surface area contributed by atoms with E-state index in [1.54, 1.807) is 0 Å². The van der Waals surface area contributed by atoms with E-state index in [9.17, 15) is 49.4 Å². The molecule has 2 rings (SSSR count). The molecule has 0 aliphatic carbocycles. The van der Waals surface area contributed by atoms with E-state index in [2.05, 4.69) is 10.6 Å². The molecule has 2 fully saturated rings. The molecule has 2 amide bonds. The zero-order valence-corrected chi connectivity index (χ0v) is 21.3. The monoisotopic (exact) mass is 560 g/mol. The van der Waals surface area contributed by atoms with Crippen molar-refractivity contribution >= 4 is 25.4 Å². The van der Waals surface area contributed by atoms with Gasteiger partial charge in [0.1, 0.15) is 42.6 Å². The van der Waals surface area contributed by atoms with Crippen LogP contribution in [-0.4, -0.2) is 129 Å². The average Bonchev–Trinajstić information content (AvgIpc) is 2.80. The number of ether oxygens (including phenoxy) is 3. The Morgan fingerprint density at radius 3 is 1.95 bits per heavy atom. The van der Waals surface area contributed by atoms with Crippen LogP contribution in [-0.2, 0) is 42.2 Å². The number of rotatable bonds is 10. The van der Waals surface area contributed by atoms with Gasteiger partial charge in [0.25, 0.3) is 0 Å². The summed E-state index contributed by atoms with van der Waals surface area (Å²) in [6.07, 6.45) is -12.3. The van der Waals surface area contributed by atoms with Crippen LogP contribution in [0.5, 0.6) is 0 Å². The van der Waals surface area contributed by atoms with Gasteiger partial charge in [-0.2, -0.15) is 0 Å². The highest BCUT2D eigenvalue weighted by atomic mass is 31.2. The molecule has 2 aliphatic heterocycles. The summed E-state index contributed by atoms with van der Waals surface area (Å²) in [5.74, 6) is -2.62. The minimum Gasteiger partial charge on any atom is -0.394 e. The number of nitrogens with one attached hydrogen (secondary N) is 2. The predicted octanol–water partition coefficient (Wildman–Crippen LogP) is -4.38. The number of amides is 2. The summed E-state index contributed by atoms with van der Waals surface area (Å²) in [7, 11) is -4.25. The molecular weight excluding hydrogens is 527 g/mol. The summed E-state index contributed by atoms with van der Waals surface area (Å²) >= 11 is 0. The molecular formula is C19H33N2O15P. The number of hydrogen-bond donors (Lipinski definition) is 8. The summed E-state index contributed by atoms with van der Waals surface area (Å²) < 4.78 is 38.9. The Balaban J connectivity index is 2.43. The van der Waals surface area contributed by atoms with Crippen LogP contribution in [0.25, 0.3) is 0 Å². The molecule has 0 saturated carbocycles. The minimum absolute atomic E-state index is 0.666. The number of ketones is 1. The Kier molecular flexibility index (Phi) is 10.7. The first kappa shape index (κ1) is 31.6. The number of aliphatic hydroxyl groups excluding tert-OH is 4. The van der Waals surface area contributed by atoms with Gasteiger partial charge in [-0.15, -0.1) is 0 Å². The van der Waals surface area contributed by atoms with Crippen LogP contribution >= 0.6 is 7.82 Å². The SMILES string of the molecule is CO[C@@H]1O[C@H](CO)[C@H](O)[C@H](OP(=O)(O)O[C@H]2O[C@H](CO)[C@H](O)[C@@](O)(C(C)=O)[C@H]2NC(C)=O)[C@H]1NC(C)=O.